The zero-order chi connectivity index (χ0) is 13.3. The molecule has 1 aromatic carbocycles. The quantitative estimate of drug-likeness (QED) is 0.656. The van der Waals surface area contributed by atoms with Crippen LogP contribution in [0.5, 0.6) is 0 Å². The van der Waals surface area contributed by atoms with Crippen molar-refractivity contribution < 1.29 is 4.92 Å². The number of anilines is 1. The predicted molar refractivity (Wildman–Crippen MR) is 66.5 cm³/mol. The highest BCUT2D eigenvalue weighted by Gasteiger charge is 2.14. The average Bonchev–Trinajstić information content (AvgIpc) is 2.70. The Balaban J connectivity index is 2.54. The molecule has 1 heterocycles. The maximum absolute atomic E-state index is 10.7. The van der Waals surface area contributed by atoms with Gasteiger partial charge in [-0.05, 0) is 25.0 Å². The summed E-state index contributed by atoms with van der Waals surface area (Å²) in [6, 6.07) is 4.60. The Bertz CT molecular complexity index is 605. The predicted octanol–water partition coefficient (Wildman–Crippen LogP) is 1.63. The maximum atomic E-state index is 10.7. The van der Waals surface area contributed by atoms with Gasteiger partial charge in [-0.1, -0.05) is 12.1 Å². The Morgan fingerprint density at radius 1 is 1.50 bits per heavy atom. The van der Waals surface area contributed by atoms with Gasteiger partial charge in [-0.3, -0.25) is 10.1 Å². The van der Waals surface area contributed by atoms with Crippen LogP contribution in [0.3, 0.4) is 0 Å². The maximum Gasteiger partial charge on any atom is 0.269 e. The van der Waals surface area contributed by atoms with Crippen molar-refractivity contribution in [2.45, 2.75) is 20.3 Å². The minimum absolute atomic E-state index is 0.0578. The molecule has 0 saturated carbocycles. The lowest BCUT2D eigenvalue weighted by molar-refractivity contribution is -0.384. The smallest absolute Gasteiger partial charge is 0.269 e. The zero-order valence-electron chi connectivity index (χ0n) is 10.1. The average molecular weight is 247 g/mol. The van der Waals surface area contributed by atoms with Gasteiger partial charge in [0, 0.05) is 12.1 Å². The molecule has 0 saturated heterocycles. The first-order valence-corrected chi connectivity index (χ1v) is 5.50. The normalized spacial score (nSPS) is 10.6. The molecular weight excluding hydrogens is 234 g/mol. The van der Waals surface area contributed by atoms with Crippen molar-refractivity contribution in [2.75, 3.05) is 5.73 Å². The SMILES string of the molecule is CCc1c(N)nnn1-c1ccc([N+](=O)[O-])cc1C. The van der Waals surface area contributed by atoms with Crippen LogP contribution in [0.4, 0.5) is 11.5 Å². The van der Waals surface area contributed by atoms with E-state index < -0.39 is 4.92 Å². The van der Waals surface area contributed by atoms with E-state index in [9.17, 15) is 10.1 Å². The first-order valence-electron chi connectivity index (χ1n) is 5.50. The molecule has 7 nitrogen and oxygen atoms in total. The van der Waals surface area contributed by atoms with Crippen LogP contribution in [0.15, 0.2) is 18.2 Å². The number of hydrogen-bond donors (Lipinski definition) is 1. The van der Waals surface area contributed by atoms with Crippen molar-refractivity contribution >= 4 is 11.5 Å². The van der Waals surface area contributed by atoms with E-state index >= 15 is 0 Å². The molecular formula is C11H13N5O2. The second-order valence-electron chi connectivity index (χ2n) is 3.91. The molecule has 0 spiro atoms. The summed E-state index contributed by atoms with van der Waals surface area (Å²) in [5, 5.41) is 18.5. The molecule has 0 fully saturated rings. The van der Waals surface area contributed by atoms with Crippen molar-refractivity contribution in [3.05, 3.63) is 39.6 Å². The van der Waals surface area contributed by atoms with Crippen LogP contribution in [0, 0.1) is 17.0 Å². The Hall–Kier alpha value is -2.44. The van der Waals surface area contributed by atoms with Gasteiger partial charge in [0.25, 0.3) is 5.69 Å². The van der Waals surface area contributed by atoms with Crippen molar-refractivity contribution in [3.8, 4) is 5.69 Å². The van der Waals surface area contributed by atoms with Crippen molar-refractivity contribution in [1.29, 1.82) is 0 Å². The Morgan fingerprint density at radius 2 is 2.22 bits per heavy atom. The molecule has 1 aromatic heterocycles. The summed E-state index contributed by atoms with van der Waals surface area (Å²) in [6.45, 7) is 3.74. The van der Waals surface area contributed by atoms with Crippen LogP contribution >= 0.6 is 0 Å². The highest BCUT2D eigenvalue weighted by atomic mass is 16.6. The summed E-state index contributed by atoms with van der Waals surface area (Å²) in [4.78, 5) is 10.3. The van der Waals surface area contributed by atoms with Gasteiger partial charge in [-0.15, -0.1) is 5.10 Å². The van der Waals surface area contributed by atoms with Crippen LogP contribution in [-0.2, 0) is 6.42 Å². The van der Waals surface area contributed by atoms with E-state index in [1.54, 1.807) is 17.7 Å². The number of non-ortho nitro benzene ring substituents is 1. The summed E-state index contributed by atoms with van der Waals surface area (Å²) in [6.07, 6.45) is 0.690. The third kappa shape index (κ3) is 1.90. The highest BCUT2D eigenvalue weighted by molar-refractivity contribution is 5.50. The standard InChI is InChI=1S/C11H13N5O2/c1-3-9-11(12)13-14-15(9)10-5-4-8(16(17)18)6-7(10)2/h4-6H,3,12H2,1-2H3. The second-order valence-corrected chi connectivity index (χ2v) is 3.91. The van der Waals surface area contributed by atoms with Crippen LogP contribution in [0.25, 0.3) is 5.69 Å². The molecule has 2 rings (SSSR count). The molecule has 0 bridgehead atoms. The van der Waals surface area contributed by atoms with Crippen molar-refractivity contribution in [3.63, 3.8) is 0 Å². The molecule has 0 aliphatic heterocycles. The summed E-state index contributed by atoms with van der Waals surface area (Å²) in [5.41, 5.74) is 8.08. The molecule has 0 unspecified atom stereocenters. The molecule has 2 N–H and O–H groups in total. The first-order chi connectivity index (χ1) is 8.54. The van der Waals surface area contributed by atoms with Crippen LogP contribution in [0.2, 0.25) is 0 Å². The fourth-order valence-corrected chi connectivity index (χ4v) is 1.83. The highest BCUT2D eigenvalue weighted by Crippen LogP contribution is 2.22. The lowest BCUT2D eigenvalue weighted by Crippen LogP contribution is -2.05. The largest absolute Gasteiger partial charge is 0.381 e. The number of nitrogens with zero attached hydrogens (tertiary/aromatic N) is 4. The summed E-state index contributed by atoms with van der Waals surface area (Å²) in [5.74, 6) is 0.384. The minimum atomic E-state index is -0.423. The molecule has 0 atom stereocenters. The van der Waals surface area contributed by atoms with E-state index in [0.717, 1.165) is 16.9 Å². The topological polar surface area (TPSA) is 99.9 Å². The van der Waals surface area contributed by atoms with Gasteiger partial charge in [-0.25, -0.2) is 4.68 Å². The first kappa shape index (κ1) is 12.0. The fraction of sp³-hybridized carbons (Fsp3) is 0.273. The third-order valence-electron chi connectivity index (χ3n) is 2.75. The molecule has 0 radical (unpaired) electrons. The Morgan fingerprint density at radius 3 is 2.78 bits per heavy atom. The number of nitrogens with two attached hydrogens (primary N) is 1. The summed E-state index contributed by atoms with van der Waals surface area (Å²) in [7, 11) is 0. The molecule has 0 aliphatic rings. The van der Waals surface area contributed by atoms with Gasteiger partial charge >= 0.3 is 0 Å². The number of aromatic nitrogens is 3. The van der Waals surface area contributed by atoms with Crippen molar-refractivity contribution in [1.82, 2.24) is 15.0 Å². The minimum Gasteiger partial charge on any atom is -0.381 e. The number of benzene rings is 1. The van der Waals surface area contributed by atoms with Gasteiger partial charge in [0.15, 0.2) is 5.82 Å². The van der Waals surface area contributed by atoms with Gasteiger partial charge in [0.1, 0.15) is 0 Å². The number of hydrogen-bond acceptors (Lipinski definition) is 5. The number of rotatable bonds is 3. The van der Waals surface area contributed by atoms with Gasteiger partial charge in [-0.2, -0.15) is 0 Å². The number of aryl methyl sites for hydroxylation is 1. The summed E-state index contributed by atoms with van der Waals surface area (Å²) < 4.78 is 1.62. The Labute approximate surface area is 103 Å². The van der Waals surface area contributed by atoms with E-state index in [1.807, 2.05) is 6.92 Å². The van der Waals surface area contributed by atoms with E-state index in [-0.39, 0.29) is 5.69 Å². The van der Waals surface area contributed by atoms with Gasteiger partial charge < -0.3 is 5.73 Å². The number of nitro benzene ring substituents is 1. The molecule has 18 heavy (non-hydrogen) atoms. The molecule has 0 aliphatic carbocycles. The van der Waals surface area contributed by atoms with E-state index in [0.29, 0.717) is 12.2 Å². The van der Waals surface area contributed by atoms with Gasteiger partial charge in [0.2, 0.25) is 0 Å². The molecule has 0 amide bonds. The lowest BCUT2D eigenvalue weighted by Gasteiger charge is -2.07. The summed E-state index contributed by atoms with van der Waals surface area (Å²) >= 11 is 0. The van der Waals surface area contributed by atoms with E-state index in [1.165, 1.54) is 12.1 Å². The van der Waals surface area contributed by atoms with Crippen LogP contribution < -0.4 is 5.73 Å². The lowest BCUT2D eigenvalue weighted by atomic mass is 10.1. The number of nitro groups is 1. The monoisotopic (exact) mass is 247 g/mol. The van der Waals surface area contributed by atoms with E-state index in [2.05, 4.69) is 10.3 Å². The van der Waals surface area contributed by atoms with Crippen LogP contribution in [0.1, 0.15) is 18.2 Å². The zero-order valence-corrected chi connectivity index (χ0v) is 10.1. The number of nitrogen functional groups attached to an aromatic ring is 1. The second kappa shape index (κ2) is 4.44. The van der Waals surface area contributed by atoms with E-state index in [4.69, 9.17) is 5.73 Å². The molecule has 2 aromatic rings. The third-order valence-corrected chi connectivity index (χ3v) is 2.75. The van der Waals surface area contributed by atoms with Gasteiger partial charge in [0.05, 0.1) is 16.3 Å². The fourth-order valence-electron chi connectivity index (χ4n) is 1.83. The molecule has 94 valence electrons. The van der Waals surface area contributed by atoms with Crippen LogP contribution in [-0.4, -0.2) is 19.9 Å². The van der Waals surface area contributed by atoms with Crippen molar-refractivity contribution in [2.24, 2.45) is 0 Å². The molecule has 7 heteroatoms. The Kier molecular flexibility index (Phi) is 2.97.